The van der Waals surface area contributed by atoms with Crippen molar-refractivity contribution < 1.29 is 17.9 Å². The molecule has 2 aromatic carbocycles. The number of sulfonamides is 1. The smallest absolute Gasteiger partial charge is 0.244 e. The van der Waals surface area contributed by atoms with Crippen molar-refractivity contribution >= 4 is 39.1 Å². The lowest BCUT2D eigenvalue weighted by Crippen LogP contribution is -2.52. The summed E-state index contributed by atoms with van der Waals surface area (Å²) in [5.74, 6) is 0.568. The Hall–Kier alpha value is -1.80. The van der Waals surface area contributed by atoms with E-state index in [2.05, 4.69) is 0 Å². The molecule has 1 unspecified atom stereocenters. The molecule has 1 atom stereocenters. The largest absolute Gasteiger partial charge is 0.492 e. The Labute approximate surface area is 180 Å². The van der Waals surface area contributed by atoms with Crippen molar-refractivity contribution in [2.24, 2.45) is 5.92 Å². The van der Waals surface area contributed by atoms with Crippen LogP contribution in [-0.4, -0.2) is 56.3 Å². The van der Waals surface area contributed by atoms with Crippen molar-refractivity contribution in [3.05, 3.63) is 58.1 Å². The molecule has 4 rings (SSSR count). The molecule has 0 radical (unpaired) electrons. The van der Waals surface area contributed by atoms with Crippen LogP contribution in [0.15, 0.2) is 47.4 Å². The second-order valence-electron chi connectivity index (χ2n) is 7.12. The third-order valence-electron chi connectivity index (χ3n) is 5.29. The Bertz CT molecular complexity index is 1040. The summed E-state index contributed by atoms with van der Waals surface area (Å²) in [6.45, 7) is 1.41. The Morgan fingerprint density at radius 2 is 1.76 bits per heavy atom. The first-order valence-electron chi connectivity index (χ1n) is 9.31. The molecular formula is C20H20Cl2N2O4S. The van der Waals surface area contributed by atoms with Crippen molar-refractivity contribution in [1.29, 1.82) is 0 Å². The van der Waals surface area contributed by atoms with Crippen LogP contribution in [0.1, 0.15) is 5.56 Å². The molecule has 1 fully saturated rings. The van der Waals surface area contributed by atoms with E-state index in [1.807, 2.05) is 24.3 Å². The quantitative estimate of drug-likeness (QED) is 0.714. The number of amides is 1. The van der Waals surface area contributed by atoms with Gasteiger partial charge in [0, 0.05) is 31.2 Å². The van der Waals surface area contributed by atoms with Gasteiger partial charge < -0.3 is 9.64 Å². The summed E-state index contributed by atoms with van der Waals surface area (Å²) in [5.41, 5.74) is 1.02. The number of halogens is 2. The van der Waals surface area contributed by atoms with E-state index >= 15 is 0 Å². The van der Waals surface area contributed by atoms with Crippen LogP contribution in [0.3, 0.4) is 0 Å². The molecule has 1 amide bonds. The lowest BCUT2D eigenvalue weighted by atomic mass is 9.95. The van der Waals surface area contributed by atoms with E-state index in [0.29, 0.717) is 31.1 Å². The van der Waals surface area contributed by atoms with Crippen molar-refractivity contribution in [3.8, 4) is 5.75 Å². The second-order valence-corrected chi connectivity index (χ2v) is 9.87. The fraction of sp³-hybridized carbons (Fsp3) is 0.350. The van der Waals surface area contributed by atoms with Gasteiger partial charge in [-0.15, -0.1) is 0 Å². The third kappa shape index (κ3) is 4.10. The molecular weight excluding hydrogens is 435 g/mol. The topological polar surface area (TPSA) is 66.9 Å². The molecule has 0 aliphatic carbocycles. The Balaban J connectivity index is 1.42. The number of nitrogens with zero attached hydrogens (tertiary/aromatic N) is 2. The molecule has 154 valence electrons. The number of piperazine rings is 1. The number of carbonyl (C=O) groups excluding carboxylic acids is 1. The third-order valence-corrected chi connectivity index (χ3v) is 7.90. The molecule has 29 heavy (non-hydrogen) atoms. The first kappa shape index (κ1) is 20.5. The number of hydrogen-bond acceptors (Lipinski definition) is 4. The van der Waals surface area contributed by atoms with Gasteiger partial charge in [0.15, 0.2) is 0 Å². The van der Waals surface area contributed by atoms with Gasteiger partial charge >= 0.3 is 0 Å². The van der Waals surface area contributed by atoms with Crippen LogP contribution in [0.4, 0.5) is 0 Å². The average molecular weight is 455 g/mol. The summed E-state index contributed by atoms with van der Waals surface area (Å²) in [5, 5.41) is 0.435. The van der Waals surface area contributed by atoms with E-state index in [4.69, 9.17) is 27.9 Å². The molecule has 6 nitrogen and oxygen atoms in total. The van der Waals surface area contributed by atoms with Crippen molar-refractivity contribution in [3.63, 3.8) is 0 Å². The number of ether oxygens (including phenoxy) is 1. The number of hydrogen-bond donors (Lipinski definition) is 0. The fourth-order valence-electron chi connectivity index (χ4n) is 3.71. The minimum atomic E-state index is -3.77. The van der Waals surface area contributed by atoms with E-state index in [1.165, 1.54) is 16.4 Å². The Kier molecular flexibility index (Phi) is 5.75. The molecule has 2 aliphatic rings. The van der Waals surface area contributed by atoms with Crippen LogP contribution in [0, 0.1) is 5.92 Å². The maximum Gasteiger partial charge on any atom is 0.244 e. The molecule has 0 bridgehead atoms. The highest BCUT2D eigenvalue weighted by molar-refractivity contribution is 7.89. The average Bonchev–Trinajstić information content (AvgIpc) is 2.74. The summed E-state index contributed by atoms with van der Waals surface area (Å²) in [6, 6.07) is 12.1. The maximum atomic E-state index is 12.9. The van der Waals surface area contributed by atoms with Crippen LogP contribution in [-0.2, 0) is 21.2 Å². The number of fused-ring (bicyclic) bond motifs is 1. The van der Waals surface area contributed by atoms with E-state index in [9.17, 15) is 13.2 Å². The summed E-state index contributed by atoms with van der Waals surface area (Å²) in [6.07, 6.45) is 0.631. The number of benzene rings is 2. The zero-order valence-corrected chi connectivity index (χ0v) is 17.9. The summed E-state index contributed by atoms with van der Waals surface area (Å²) >= 11 is 12.0. The van der Waals surface area contributed by atoms with Crippen LogP contribution in [0.5, 0.6) is 5.75 Å². The van der Waals surface area contributed by atoms with Gasteiger partial charge in [0.25, 0.3) is 0 Å². The first-order valence-corrected chi connectivity index (χ1v) is 11.5. The SMILES string of the molecule is O=C(C1COc2ccccc2C1)N1CCN(S(=O)(=O)c2cc(Cl)ccc2Cl)CC1. The van der Waals surface area contributed by atoms with Gasteiger partial charge in [-0.1, -0.05) is 41.4 Å². The number of rotatable bonds is 3. The van der Waals surface area contributed by atoms with Gasteiger partial charge in [-0.05, 0) is 36.2 Å². The number of para-hydroxylation sites is 1. The fourth-order valence-corrected chi connectivity index (χ4v) is 5.87. The minimum Gasteiger partial charge on any atom is -0.492 e. The lowest BCUT2D eigenvalue weighted by molar-refractivity contribution is -0.138. The van der Waals surface area contributed by atoms with E-state index in [1.54, 1.807) is 11.0 Å². The molecule has 0 spiro atoms. The standard InChI is InChI=1S/C20H20Cl2N2O4S/c21-16-5-6-17(22)19(12-16)29(26,27)24-9-7-23(8-10-24)20(25)15-11-14-3-1-2-4-18(14)28-13-15/h1-6,12,15H,7-11,13H2. The van der Waals surface area contributed by atoms with Crippen LogP contribution < -0.4 is 4.74 Å². The van der Waals surface area contributed by atoms with E-state index in [-0.39, 0.29) is 34.8 Å². The summed E-state index contributed by atoms with van der Waals surface area (Å²) < 4.78 is 32.9. The first-order chi connectivity index (χ1) is 13.9. The van der Waals surface area contributed by atoms with Crippen LogP contribution in [0.2, 0.25) is 10.0 Å². The van der Waals surface area contributed by atoms with Gasteiger partial charge in [-0.2, -0.15) is 4.31 Å². The molecule has 2 aliphatic heterocycles. The zero-order chi connectivity index (χ0) is 20.6. The molecule has 0 saturated carbocycles. The maximum absolute atomic E-state index is 12.9. The monoisotopic (exact) mass is 454 g/mol. The Morgan fingerprint density at radius 3 is 2.52 bits per heavy atom. The number of carbonyl (C=O) groups is 1. The molecule has 2 heterocycles. The normalized spacial score (nSPS) is 20.1. The van der Waals surface area contributed by atoms with Crippen LogP contribution >= 0.6 is 23.2 Å². The predicted octanol–water partition coefficient (Wildman–Crippen LogP) is 3.08. The Morgan fingerprint density at radius 1 is 1.03 bits per heavy atom. The highest BCUT2D eigenvalue weighted by Crippen LogP contribution is 2.30. The minimum absolute atomic E-state index is 0.00246. The van der Waals surface area contributed by atoms with Crippen LogP contribution in [0.25, 0.3) is 0 Å². The van der Waals surface area contributed by atoms with Gasteiger partial charge in [0.05, 0.1) is 10.9 Å². The van der Waals surface area contributed by atoms with Crippen molar-refractivity contribution in [1.82, 2.24) is 9.21 Å². The molecule has 9 heteroatoms. The molecule has 0 N–H and O–H groups in total. The van der Waals surface area contributed by atoms with E-state index < -0.39 is 10.0 Å². The van der Waals surface area contributed by atoms with E-state index in [0.717, 1.165) is 11.3 Å². The summed E-state index contributed by atoms with van der Waals surface area (Å²) in [7, 11) is -3.77. The van der Waals surface area contributed by atoms with Crippen molar-refractivity contribution in [2.75, 3.05) is 32.8 Å². The highest BCUT2D eigenvalue weighted by Gasteiger charge is 2.35. The predicted molar refractivity (Wildman–Crippen MR) is 111 cm³/mol. The highest BCUT2D eigenvalue weighted by atomic mass is 35.5. The molecule has 0 aromatic heterocycles. The molecule has 1 saturated heterocycles. The van der Waals surface area contributed by atoms with Gasteiger partial charge in [0.2, 0.25) is 15.9 Å². The van der Waals surface area contributed by atoms with Crippen molar-refractivity contribution in [2.45, 2.75) is 11.3 Å². The van der Waals surface area contributed by atoms with Gasteiger partial charge in [-0.3, -0.25) is 4.79 Å². The van der Waals surface area contributed by atoms with Gasteiger partial charge in [-0.25, -0.2) is 8.42 Å². The van der Waals surface area contributed by atoms with Gasteiger partial charge in [0.1, 0.15) is 17.3 Å². The zero-order valence-electron chi connectivity index (χ0n) is 15.6. The second kappa shape index (κ2) is 8.14. The molecule has 2 aromatic rings. The summed E-state index contributed by atoms with van der Waals surface area (Å²) in [4.78, 5) is 14.6. The lowest BCUT2D eigenvalue weighted by Gasteiger charge is -2.36.